The molecule has 7 heteroatoms. The standard InChI is InChI=1S/C21H24N2O4S/c1-13(2)23-28(26,27)17-7-5-6-14(11-17)19-21(3,4)12-16-10-15(20(24)25)8-9-18(16)22-19/h5-11,13,23H,12H2,1-4H3,(H,24,25). The predicted octanol–water partition coefficient (Wildman–Crippen LogP) is 3.77. The Morgan fingerprint density at radius 1 is 1.18 bits per heavy atom. The molecule has 0 bridgehead atoms. The van der Waals surface area contributed by atoms with Gasteiger partial charge in [-0.15, -0.1) is 0 Å². The van der Waals surface area contributed by atoms with Crippen LogP contribution in [-0.4, -0.2) is 31.2 Å². The molecule has 0 aliphatic carbocycles. The lowest BCUT2D eigenvalue weighted by Gasteiger charge is -2.32. The molecule has 148 valence electrons. The Kier molecular flexibility index (Phi) is 5.16. The number of nitrogens with one attached hydrogen (secondary N) is 1. The van der Waals surface area contributed by atoms with Gasteiger partial charge in [-0.3, -0.25) is 4.99 Å². The number of carboxylic acid groups (broad SMARTS) is 1. The lowest BCUT2D eigenvalue weighted by molar-refractivity contribution is 0.0696. The fourth-order valence-electron chi connectivity index (χ4n) is 3.45. The molecule has 1 heterocycles. The van der Waals surface area contributed by atoms with Crippen molar-refractivity contribution in [1.82, 2.24) is 4.72 Å². The van der Waals surface area contributed by atoms with Crippen LogP contribution in [0.5, 0.6) is 0 Å². The number of rotatable bonds is 5. The highest BCUT2D eigenvalue weighted by Gasteiger charge is 2.32. The van der Waals surface area contributed by atoms with Crippen molar-refractivity contribution in [2.24, 2.45) is 10.4 Å². The number of aliphatic imine (C=N–C) groups is 1. The maximum Gasteiger partial charge on any atom is 0.335 e. The number of hydrogen-bond donors (Lipinski definition) is 2. The van der Waals surface area contributed by atoms with Gasteiger partial charge in [0.25, 0.3) is 0 Å². The molecule has 0 amide bonds. The largest absolute Gasteiger partial charge is 0.478 e. The summed E-state index contributed by atoms with van der Waals surface area (Å²) in [6.45, 7) is 7.60. The zero-order valence-corrected chi connectivity index (χ0v) is 17.2. The first kappa shape index (κ1) is 20.2. The normalized spacial score (nSPS) is 15.8. The maximum atomic E-state index is 12.5. The number of carbonyl (C=O) groups is 1. The number of aromatic carboxylic acids is 1. The van der Waals surface area contributed by atoms with E-state index in [-0.39, 0.29) is 21.9 Å². The van der Waals surface area contributed by atoms with E-state index in [0.717, 1.165) is 16.8 Å². The summed E-state index contributed by atoms with van der Waals surface area (Å²) in [4.78, 5) is 16.2. The zero-order chi connectivity index (χ0) is 20.7. The summed E-state index contributed by atoms with van der Waals surface area (Å²) in [5, 5.41) is 9.22. The van der Waals surface area contributed by atoms with Gasteiger partial charge in [0.1, 0.15) is 0 Å². The molecule has 0 fully saturated rings. The second kappa shape index (κ2) is 7.14. The van der Waals surface area contributed by atoms with E-state index < -0.39 is 16.0 Å². The first-order chi connectivity index (χ1) is 13.0. The van der Waals surface area contributed by atoms with Gasteiger partial charge in [0.2, 0.25) is 10.0 Å². The van der Waals surface area contributed by atoms with E-state index in [1.807, 2.05) is 19.9 Å². The van der Waals surface area contributed by atoms with Gasteiger partial charge in [0, 0.05) is 11.5 Å². The molecule has 1 aliphatic rings. The third-order valence-corrected chi connectivity index (χ3v) is 6.30. The van der Waals surface area contributed by atoms with Gasteiger partial charge < -0.3 is 5.11 Å². The third-order valence-electron chi connectivity index (χ3n) is 4.64. The average Bonchev–Trinajstić information content (AvgIpc) is 2.58. The number of carboxylic acids is 1. The monoisotopic (exact) mass is 400 g/mol. The maximum absolute atomic E-state index is 12.5. The van der Waals surface area contributed by atoms with Crippen molar-refractivity contribution in [1.29, 1.82) is 0 Å². The Bertz CT molecular complexity index is 1070. The highest BCUT2D eigenvalue weighted by molar-refractivity contribution is 7.89. The van der Waals surface area contributed by atoms with Gasteiger partial charge in [-0.05, 0) is 61.7 Å². The molecule has 2 aromatic carbocycles. The van der Waals surface area contributed by atoms with E-state index in [4.69, 9.17) is 4.99 Å². The minimum absolute atomic E-state index is 0.198. The van der Waals surface area contributed by atoms with Gasteiger partial charge >= 0.3 is 5.97 Å². The van der Waals surface area contributed by atoms with Crippen LogP contribution in [0.4, 0.5) is 5.69 Å². The summed E-state index contributed by atoms with van der Waals surface area (Å²) >= 11 is 0. The first-order valence-corrected chi connectivity index (χ1v) is 10.6. The van der Waals surface area contributed by atoms with Crippen LogP contribution in [-0.2, 0) is 16.4 Å². The lowest BCUT2D eigenvalue weighted by Crippen LogP contribution is -2.32. The minimum atomic E-state index is -3.60. The van der Waals surface area contributed by atoms with Gasteiger partial charge in [-0.25, -0.2) is 17.9 Å². The lowest BCUT2D eigenvalue weighted by atomic mass is 9.76. The Morgan fingerprint density at radius 2 is 1.89 bits per heavy atom. The molecule has 0 saturated carbocycles. The quantitative estimate of drug-likeness (QED) is 0.798. The van der Waals surface area contributed by atoms with Gasteiger partial charge in [0.15, 0.2) is 0 Å². The molecule has 0 atom stereocenters. The summed E-state index contributed by atoms with van der Waals surface area (Å²) in [6.07, 6.45) is 0.615. The fourth-order valence-corrected chi connectivity index (χ4v) is 4.74. The predicted molar refractivity (Wildman–Crippen MR) is 109 cm³/mol. The number of benzene rings is 2. The van der Waals surface area contributed by atoms with Crippen molar-refractivity contribution >= 4 is 27.4 Å². The summed E-state index contributed by atoms with van der Waals surface area (Å²) in [7, 11) is -3.60. The number of sulfonamides is 1. The second-order valence-corrected chi connectivity index (χ2v) is 9.69. The van der Waals surface area contributed by atoms with E-state index in [2.05, 4.69) is 4.72 Å². The van der Waals surface area contributed by atoms with E-state index in [1.165, 1.54) is 6.07 Å². The summed E-state index contributed by atoms with van der Waals surface area (Å²) in [5.41, 5.74) is 2.97. The number of hydrogen-bond acceptors (Lipinski definition) is 4. The van der Waals surface area contributed by atoms with Crippen LogP contribution in [0.3, 0.4) is 0 Å². The third kappa shape index (κ3) is 4.00. The first-order valence-electron chi connectivity index (χ1n) is 9.08. The van der Waals surface area contributed by atoms with E-state index in [9.17, 15) is 18.3 Å². The van der Waals surface area contributed by atoms with Crippen LogP contribution >= 0.6 is 0 Å². The van der Waals surface area contributed by atoms with Gasteiger partial charge in [-0.2, -0.15) is 0 Å². The Morgan fingerprint density at radius 3 is 2.54 bits per heavy atom. The zero-order valence-electron chi connectivity index (χ0n) is 16.4. The topological polar surface area (TPSA) is 95.8 Å². The minimum Gasteiger partial charge on any atom is -0.478 e. The molecule has 0 radical (unpaired) electrons. The van der Waals surface area contributed by atoms with Crippen LogP contribution in [0.1, 0.15) is 49.2 Å². The Hall–Kier alpha value is -2.51. The molecule has 0 unspecified atom stereocenters. The van der Waals surface area contributed by atoms with Crippen LogP contribution < -0.4 is 4.72 Å². The second-order valence-electron chi connectivity index (χ2n) is 7.97. The molecule has 3 rings (SSSR count). The molecular formula is C21H24N2O4S. The average molecular weight is 401 g/mol. The van der Waals surface area contributed by atoms with Crippen molar-refractivity contribution in [3.63, 3.8) is 0 Å². The Balaban J connectivity index is 2.08. The van der Waals surface area contributed by atoms with Gasteiger partial charge in [0.05, 0.1) is 21.9 Å². The number of nitrogens with zero attached hydrogens (tertiary/aromatic N) is 1. The fraction of sp³-hybridized carbons (Fsp3) is 0.333. The molecule has 0 spiro atoms. The molecule has 0 saturated heterocycles. The van der Waals surface area contributed by atoms with Crippen molar-refractivity contribution in [2.45, 2.75) is 45.1 Å². The SMILES string of the molecule is CC(C)NS(=O)(=O)c1cccc(C2=Nc3ccc(C(=O)O)cc3CC2(C)C)c1. The van der Waals surface area contributed by atoms with Crippen molar-refractivity contribution in [3.8, 4) is 0 Å². The molecule has 0 aromatic heterocycles. The molecule has 2 aromatic rings. The molecule has 1 aliphatic heterocycles. The van der Waals surface area contributed by atoms with Crippen molar-refractivity contribution < 1.29 is 18.3 Å². The van der Waals surface area contributed by atoms with Crippen LogP contribution in [0.2, 0.25) is 0 Å². The molecule has 28 heavy (non-hydrogen) atoms. The summed E-state index contributed by atoms with van der Waals surface area (Å²) in [6, 6.07) is 11.5. The van der Waals surface area contributed by atoms with Crippen LogP contribution in [0.15, 0.2) is 52.4 Å². The Labute approximate surface area is 165 Å². The van der Waals surface area contributed by atoms with Crippen LogP contribution in [0, 0.1) is 5.41 Å². The smallest absolute Gasteiger partial charge is 0.335 e. The summed E-state index contributed by atoms with van der Waals surface area (Å²) in [5.74, 6) is -0.967. The van der Waals surface area contributed by atoms with E-state index >= 15 is 0 Å². The van der Waals surface area contributed by atoms with E-state index in [0.29, 0.717) is 12.1 Å². The van der Waals surface area contributed by atoms with Gasteiger partial charge in [-0.1, -0.05) is 26.0 Å². The highest BCUT2D eigenvalue weighted by Crippen LogP contribution is 2.38. The van der Waals surface area contributed by atoms with E-state index in [1.54, 1.807) is 44.2 Å². The molecular weight excluding hydrogens is 376 g/mol. The summed E-state index contributed by atoms with van der Waals surface area (Å²) < 4.78 is 27.7. The molecule has 6 nitrogen and oxygen atoms in total. The highest BCUT2D eigenvalue weighted by atomic mass is 32.2. The number of fused-ring (bicyclic) bond motifs is 1. The van der Waals surface area contributed by atoms with Crippen molar-refractivity contribution in [2.75, 3.05) is 0 Å². The van der Waals surface area contributed by atoms with Crippen molar-refractivity contribution in [3.05, 3.63) is 59.2 Å². The van der Waals surface area contributed by atoms with Crippen LogP contribution in [0.25, 0.3) is 0 Å². The molecule has 2 N–H and O–H groups in total.